The van der Waals surface area contributed by atoms with E-state index in [4.69, 9.17) is 0 Å². The van der Waals surface area contributed by atoms with Crippen molar-refractivity contribution in [3.8, 4) is 0 Å². The van der Waals surface area contributed by atoms with Gasteiger partial charge in [0.2, 0.25) is 5.91 Å². The minimum atomic E-state index is 0.195. The Kier molecular flexibility index (Phi) is 2.58. The fraction of sp³-hybridized carbons (Fsp3) is 0.308. The molecular weight excluding hydrogens is 186 g/mol. The van der Waals surface area contributed by atoms with Gasteiger partial charge in [-0.2, -0.15) is 0 Å². The van der Waals surface area contributed by atoms with Gasteiger partial charge in [0.25, 0.3) is 0 Å². The Balaban J connectivity index is 2.46. The number of carbonyl (C=O) groups excluding carboxylic acids is 1. The molecule has 0 bridgehead atoms. The summed E-state index contributed by atoms with van der Waals surface area (Å²) in [5, 5.41) is 0. The summed E-state index contributed by atoms with van der Waals surface area (Å²) in [5.74, 6) is 0.524. The normalized spacial score (nSPS) is 19.9. The lowest BCUT2D eigenvalue weighted by Gasteiger charge is -2.31. The van der Waals surface area contributed by atoms with Gasteiger partial charge in [-0.05, 0) is 17.5 Å². The minimum absolute atomic E-state index is 0.195. The number of benzene rings is 1. The van der Waals surface area contributed by atoms with Gasteiger partial charge in [-0.3, -0.25) is 4.79 Å². The summed E-state index contributed by atoms with van der Waals surface area (Å²) < 4.78 is 0. The standard InChI is InChI=1S/C13H15NO/c1-3-8-14-12-7-5-4-6-11(12)10(2)9-13(14)15/h3-7,10H,1,8-9H2,2H3. The molecule has 1 heterocycles. The van der Waals surface area contributed by atoms with E-state index in [1.165, 1.54) is 5.56 Å². The fourth-order valence-corrected chi connectivity index (χ4v) is 2.10. The molecule has 78 valence electrons. The highest BCUT2D eigenvalue weighted by Gasteiger charge is 2.27. The molecule has 0 saturated carbocycles. The summed E-state index contributed by atoms with van der Waals surface area (Å²) in [6, 6.07) is 8.10. The Morgan fingerprint density at radius 1 is 1.53 bits per heavy atom. The molecule has 0 fully saturated rings. The van der Waals surface area contributed by atoms with Gasteiger partial charge in [-0.15, -0.1) is 6.58 Å². The van der Waals surface area contributed by atoms with Crippen molar-refractivity contribution in [2.24, 2.45) is 0 Å². The van der Waals surface area contributed by atoms with Crippen molar-refractivity contribution in [2.75, 3.05) is 11.4 Å². The van der Waals surface area contributed by atoms with Crippen molar-refractivity contribution in [1.82, 2.24) is 0 Å². The highest BCUT2D eigenvalue weighted by atomic mass is 16.2. The van der Waals surface area contributed by atoms with Crippen molar-refractivity contribution in [3.05, 3.63) is 42.5 Å². The average molecular weight is 201 g/mol. The van der Waals surface area contributed by atoms with E-state index in [1.54, 1.807) is 6.08 Å². The predicted octanol–water partition coefficient (Wildman–Crippen LogP) is 2.71. The number of nitrogens with zero attached hydrogens (tertiary/aromatic N) is 1. The number of fused-ring (bicyclic) bond motifs is 1. The zero-order chi connectivity index (χ0) is 10.8. The number of hydrogen-bond acceptors (Lipinski definition) is 1. The number of hydrogen-bond donors (Lipinski definition) is 0. The largest absolute Gasteiger partial charge is 0.308 e. The van der Waals surface area contributed by atoms with E-state index in [1.807, 2.05) is 23.1 Å². The first-order chi connectivity index (χ1) is 7.24. The van der Waals surface area contributed by atoms with Gasteiger partial charge in [0.05, 0.1) is 0 Å². The van der Waals surface area contributed by atoms with Crippen LogP contribution >= 0.6 is 0 Å². The van der Waals surface area contributed by atoms with Crippen LogP contribution in [0.25, 0.3) is 0 Å². The number of rotatable bonds is 2. The van der Waals surface area contributed by atoms with Crippen molar-refractivity contribution in [1.29, 1.82) is 0 Å². The lowest BCUT2D eigenvalue weighted by Crippen LogP contribution is -2.36. The van der Waals surface area contributed by atoms with E-state index < -0.39 is 0 Å². The van der Waals surface area contributed by atoms with Crippen LogP contribution in [0.2, 0.25) is 0 Å². The first-order valence-corrected chi connectivity index (χ1v) is 5.24. The van der Waals surface area contributed by atoms with E-state index in [0.717, 1.165) is 5.69 Å². The molecule has 0 aromatic heterocycles. The molecule has 1 aromatic carbocycles. The quantitative estimate of drug-likeness (QED) is 0.674. The summed E-state index contributed by atoms with van der Waals surface area (Å²) in [6.45, 7) is 6.39. The second kappa shape index (κ2) is 3.89. The molecule has 0 spiro atoms. The zero-order valence-electron chi connectivity index (χ0n) is 8.94. The molecule has 0 saturated heterocycles. The van der Waals surface area contributed by atoms with Gasteiger partial charge >= 0.3 is 0 Å². The summed E-state index contributed by atoms with van der Waals surface area (Å²) in [4.78, 5) is 13.6. The van der Waals surface area contributed by atoms with Crippen LogP contribution in [0.4, 0.5) is 5.69 Å². The number of carbonyl (C=O) groups is 1. The zero-order valence-corrected chi connectivity index (χ0v) is 8.94. The monoisotopic (exact) mass is 201 g/mol. The molecule has 2 nitrogen and oxygen atoms in total. The van der Waals surface area contributed by atoms with Crippen LogP contribution in [0.15, 0.2) is 36.9 Å². The summed E-state index contributed by atoms with van der Waals surface area (Å²) in [7, 11) is 0. The van der Waals surface area contributed by atoms with Crippen molar-refractivity contribution in [3.63, 3.8) is 0 Å². The second-order valence-electron chi connectivity index (χ2n) is 3.96. The third kappa shape index (κ3) is 1.67. The Hall–Kier alpha value is -1.57. The molecule has 1 aliphatic heterocycles. The molecule has 15 heavy (non-hydrogen) atoms. The molecule has 1 unspecified atom stereocenters. The van der Waals surface area contributed by atoms with Crippen molar-refractivity contribution in [2.45, 2.75) is 19.3 Å². The highest BCUT2D eigenvalue weighted by Crippen LogP contribution is 2.35. The van der Waals surface area contributed by atoms with E-state index in [9.17, 15) is 4.79 Å². The Morgan fingerprint density at radius 2 is 2.27 bits per heavy atom. The summed E-state index contributed by atoms with van der Waals surface area (Å²) in [6.07, 6.45) is 2.37. The second-order valence-corrected chi connectivity index (χ2v) is 3.96. The Morgan fingerprint density at radius 3 is 3.00 bits per heavy atom. The molecule has 1 amide bonds. The average Bonchev–Trinajstić information content (AvgIpc) is 2.24. The van der Waals surface area contributed by atoms with E-state index in [2.05, 4.69) is 19.6 Å². The van der Waals surface area contributed by atoms with Gasteiger partial charge in [0, 0.05) is 18.7 Å². The minimum Gasteiger partial charge on any atom is -0.308 e. The van der Waals surface area contributed by atoms with Gasteiger partial charge in [0.15, 0.2) is 0 Å². The van der Waals surface area contributed by atoms with Crippen molar-refractivity contribution < 1.29 is 4.79 Å². The van der Waals surface area contributed by atoms with Crippen LogP contribution in [0.1, 0.15) is 24.8 Å². The lowest BCUT2D eigenvalue weighted by molar-refractivity contribution is -0.119. The molecule has 0 N–H and O–H groups in total. The van der Waals surface area contributed by atoms with E-state index in [0.29, 0.717) is 18.9 Å². The molecular formula is C13H15NO. The molecule has 0 radical (unpaired) electrons. The van der Waals surface area contributed by atoms with E-state index >= 15 is 0 Å². The third-order valence-electron chi connectivity index (χ3n) is 2.85. The number of amides is 1. The maximum Gasteiger partial charge on any atom is 0.227 e. The van der Waals surface area contributed by atoms with Gasteiger partial charge < -0.3 is 4.90 Å². The van der Waals surface area contributed by atoms with Crippen LogP contribution in [-0.2, 0) is 4.79 Å². The Bertz CT molecular complexity index is 397. The van der Waals surface area contributed by atoms with E-state index in [-0.39, 0.29) is 5.91 Å². The van der Waals surface area contributed by atoms with Crippen LogP contribution in [0.3, 0.4) is 0 Å². The SMILES string of the molecule is C=CCN1C(=O)CC(C)c2ccccc21. The van der Waals surface area contributed by atoms with Crippen LogP contribution < -0.4 is 4.90 Å². The maximum absolute atomic E-state index is 11.8. The molecule has 0 aliphatic carbocycles. The number of anilines is 1. The van der Waals surface area contributed by atoms with Gasteiger partial charge in [-0.25, -0.2) is 0 Å². The third-order valence-corrected chi connectivity index (χ3v) is 2.85. The maximum atomic E-state index is 11.8. The molecule has 2 rings (SSSR count). The molecule has 1 aromatic rings. The van der Waals surface area contributed by atoms with Crippen LogP contribution in [-0.4, -0.2) is 12.5 Å². The molecule has 1 atom stereocenters. The fourth-order valence-electron chi connectivity index (χ4n) is 2.10. The summed E-state index contributed by atoms with van der Waals surface area (Å²) in [5.41, 5.74) is 2.31. The topological polar surface area (TPSA) is 20.3 Å². The Labute approximate surface area is 90.2 Å². The van der Waals surface area contributed by atoms with Crippen LogP contribution in [0.5, 0.6) is 0 Å². The smallest absolute Gasteiger partial charge is 0.227 e. The van der Waals surface area contributed by atoms with Gasteiger partial charge in [0.1, 0.15) is 0 Å². The predicted molar refractivity (Wildman–Crippen MR) is 62.0 cm³/mol. The first-order valence-electron chi connectivity index (χ1n) is 5.24. The molecule has 2 heteroatoms. The number of para-hydroxylation sites is 1. The van der Waals surface area contributed by atoms with Crippen molar-refractivity contribution >= 4 is 11.6 Å². The summed E-state index contributed by atoms with van der Waals surface area (Å²) >= 11 is 0. The van der Waals surface area contributed by atoms with Gasteiger partial charge in [-0.1, -0.05) is 31.2 Å². The lowest BCUT2D eigenvalue weighted by atomic mass is 9.91. The van der Waals surface area contributed by atoms with Crippen LogP contribution in [0, 0.1) is 0 Å². The highest BCUT2D eigenvalue weighted by molar-refractivity contribution is 5.97. The molecule has 1 aliphatic rings. The first kappa shape index (κ1) is 9.97.